The molecule has 2 rings (SSSR count). The Morgan fingerprint density at radius 1 is 1.19 bits per heavy atom. The van der Waals surface area contributed by atoms with E-state index in [-0.39, 0.29) is 17.9 Å². The summed E-state index contributed by atoms with van der Waals surface area (Å²) < 4.78 is 0. The van der Waals surface area contributed by atoms with Crippen LogP contribution < -0.4 is 16.0 Å². The van der Waals surface area contributed by atoms with Crippen LogP contribution in [0.25, 0.3) is 0 Å². The predicted molar refractivity (Wildman–Crippen MR) is 81.9 cm³/mol. The van der Waals surface area contributed by atoms with E-state index in [1.165, 1.54) is 25.7 Å². The van der Waals surface area contributed by atoms with Gasteiger partial charge in [-0.25, -0.2) is 0 Å². The molecule has 21 heavy (non-hydrogen) atoms. The highest BCUT2D eigenvalue weighted by Gasteiger charge is 2.29. The minimum Gasteiger partial charge on any atom is -0.358 e. The minimum absolute atomic E-state index is 0.0236. The van der Waals surface area contributed by atoms with Crippen molar-refractivity contribution in [2.45, 2.75) is 50.6 Å². The van der Waals surface area contributed by atoms with E-state index in [1.54, 1.807) is 7.05 Å². The van der Waals surface area contributed by atoms with Crippen molar-refractivity contribution in [2.24, 2.45) is 0 Å². The summed E-state index contributed by atoms with van der Waals surface area (Å²) in [4.78, 5) is 26.1. The number of rotatable bonds is 4. The van der Waals surface area contributed by atoms with E-state index in [9.17, 15) is 9.59 Å². The van der Waals surface area contributed by atoms with Crippen LogP contribution in [0, 0.1) is 0 Å². The lowest BCUT2D eigenvalue weighted by Gasteiger charge is -2.34. The van der Waals surface area contributed by atoms with Crippen LogP contribution in [-0.2, 0) is 9.59 Å². The largest absolute Gasteiger partial charge is 0.358 e. The summed E-state index contributed by atoms with van der Waals surface area (Å²) in [5.41, 5.74) is 0. The molecule has 6 heteroatoms. The number of carbonyl (C=O) groups excluding carboxylic acids is 2. The first-order valence-electron chi connectivity index (χ1n) is 8.16. The summed E-state index contributed by atoms with van der Waals surface area (Å²) in [5.74, 6) is 0.0298. The summed E-state index contributed by atoms with van der Waals surface area (Å²) in [7, 11) is 1.64. The number of nitrogens with one attached hydrogen (secondary N) is 3. The van der Waals surface area contributed by atoms with E-state index in [0.29, 0.717) is 19.1 Å². The van der Waals surface area contributed by atoms with Crippen molar-refractivity contribution in [1.82, 2.24) is 20.9 Å². The number of hydrogen-bond acceptors (Lipinski definition) is 4. The lowest BCUT2D eigenvalue weighted by Crippen LogP contribution is -2.59. The third-order valence-corrected chi connectivity index (χ3v) is 4.47. The number of piperazine rings is 1. The summed E-state index contributed by atoms with van der Waals surface area (Å²) in [6.45, 7) is 2.48. The molecule has 2 fully saturated rings. The standard InChI is InChI=1S/C15H28N4O2/c1-16-15(21)13-10-17-8-9-19(13)11-14(20)18-12-6-4-2-3-5-7-12/h12-13,17H,2-11H2,1H3,(H,16,21)(H,18,20). The van der Waals surface area contributed by atoms with Crippen LogP contribution in [-0.4, -0.2) is 62.0 Å². The fourth-order valence-electron chi connectivity index (χ4n) is 3.24. The SMILES string of the molecule is CNC(=O)C1CNCCN1CC(=O)NC1CCCCCC1. The van der Waals surface area contributed by atoms with Crippen LogP contribution in [0.15, 0.2) is 0 Å². The van der Waals surface area contributed by atoms with E-state index < -0.39 is 0 Å². The van der Waals surface area contributed by atoms with Crippen molar-refractivity contribution >= 4 is 11.8 Å². The zero-order valence-electron chi connectivity index (χ0n) is 13.0. The summed E-state index contributed by atoms with van der Waals surface area (Å²) in [6, 6.07) is 0.0741. The number of amides is 2. The van der Waals surface area contributed by atoms with Crippen LogP contribution in [0.3, 0.4) is 0 Å². The Hall–Kier alpha value is -1.14. The third-order valence-electron chi connectivity index (χ3n) is 4.47. The van der Waals surface area contributed by atoms with E-state index in [0.717, 1.165) is 25.9 Å². The van der Waals surface area contributed by atoms with Crippen LogP contribution >= 0.6 is 0 Å². The van der Waals surface area contributed by atoms with Crippen molar-refractivity contribution in [3.63, 3.8) is 0 Å². The molecule has 1 aliphatic heterocycles. The van der Waals surface area contributed by atoms with E-state index >= 15 is 0 Å². The lowest BCUT2D eigenvalue weighted by molar-refractivity contribution is -0.129. The molecule has 1 saturated heterocycles. The predicted octanol–water partition coefficient (Wildman–Crippen LogP) is -0.155. The minimum atomic E-state index is -0.247. The first-order chi connectivity index (χ1) is 10.2. The van der Waals surface area contributed by atoms with Crippen molar-refractivity contribution in [3.05, 3.63) is 0 Å². The van der Waals surface area contributed by atoms with Gasteiger partial charge >= 0.3 is 0 Å². The molecule has 1 atom stereocenters. The topological polar surface area (TPSA) is 73.5 Å². The van der Waals surface area contributed by atoms with Gasteiger partial charge in [-0.3, -0.25) is 14.5 Å². The maximum absolute atomic E-state index is 12.2. The van der Waals surface area contributed by atoms with Crippen molar-refractivity contribution in [2.75, 3.05) is 33.2 Å². The van der Waals surface area contributed by atoms with Gasteiger partial charge in [0.2, 0.25) is 11.8 Å². The third kappa shape index (κ3) is 4.97. The van der Waals surface area contributed by atoms with Crippen molar-refractivity contribution < 1.29 is 9.59 Å². The van der Waals surface area contributed by atoms with Crippen molar-refractivity contribution in [1.29, 1.82) is 0 Å². The number of likely N-dealkylation sites (N-methyl/N-ethyl adjacent to an activating group) is 1. The molecule has 1 saturated carbocycles. The van der Waals surface area contributed by atoms with Gasteiger partial charge in [-0.2, -0.15) is 0 Å². The van der Waals surface area contributed by atoms with Crippen LogP contribution in [0.1, 0.15) is 38.5 Å². The van der Waals surface area contributed by atoms with E-state index in [2.05, 4.69) is 16.0 Å². The van der Waals surface area contributed by atoms with E-state index in [1.807, 2.05) is 4.90 Å². The lowest BCUT2D eigenvalue weighted by atomic mass is 10.1. The van der Waals surface area contributed by atoms with Gasteiger partial charge in [-0.15, -0.1) is 0 Å². The van der Waals surface area contributed by atoms with Gasteiger partial charge in [0.05, 0.1) is 6.54 Å². The Morgan fingerprint density at radius 2 is 1.90 bits per heavy atom. The Morgan fingerprint density at radius 3 is 2.57 bits per heavy atom. The molecule has 2 aliphatic rings. The summed E-state index contributed by atoms with van der Waals surface area (Å²) in [6.07, 6.45) is 7.16. The molecule has 0 aromatic heterocycles. The molecule has 0 spiro atoms. The summed E-state index contributed by atoms with van der Waals surface area (Å²) in [5, 5.41) is 9.03. The maximum atomic E-state index is 12.2. The van der Waals surface area contributed by atoms with Gasteiger partial charge in [0.25, 0.3) is 0 Å². The molecule has 1 heterocycles. The van der Waals surface area contributed by atoms with Crippen LogP contribution in [0.2, 0.25) is 0 Å². The zero-order valence-corrected chi connectivity index (χ0v) is 13.0. The quantitative estimate of drug-likeness (QED) is 0.631. The molecule has 6 nitrogen and oxygen atoms in total. The van der Waals surface area contributed by atoms with Crippen molar-refractivity contribution in [3.8, 4) is 0 Å². The Labute approximate surface area is 127 Å². The Balaban J connectivity index is 1.83. The second kappa shape index (κ2) is 8.34. The molecule has 0 aromatic carbocycles. The van der Waals surface area contributed by atoms with E-state index in [4.69, 9.17) is 0 Å². The molecule has 0 radical (unpaired) electrons. The monoisotopic (exact) mass is 296 g/mol. The zero-order chi connectivity index (χ0) is 15.1. The molecule has 2 amide bonds. The highest BCUT2D eigenvalue weighted by Crippen LogP contribution is 2.17. The smallest absolute Gasteiger partial charge is 0.238 e. The fourth-order valence-corrected chi connectivity index (χ4v) is 3.24. The number of hydrogen-bond donors (Lipinski definition) is 3. The van der Waals surface area contributed by atoms with Gasteiger partial charge in [0, 0.05) is 32.7 Å². The Kier molecular flexibility index (Phi) is 6.45. The van der Waals surface area contributed by atoms with Gasteiger partial charge < -0.3 is 16.0 Å². The molecule has 0 bridgehead atoms. The Bertz CT molecular complexity index is 354. The molecule has 0 aromatic rings. The molecule has 120 valence electrons. The average Bonchev–Trinajstić information content (AvgIpc) is 2.75. The first kappa shape index (κ1) is 16.2. The highest BCUT2D eigenvalue weighted by atomic mass is 16.2. The summed E-state index contributed by atoms with van der Waals surface area (Å²) >= 11 is 0. The fraction of sp³-hybridized carbons (Fsp3) is 0.867. The van der Waals surface area contributed by atoms with Gasteiger partial charge in [0.1, 0.15) is 6.04 Å². The number of nitrogens with zero attached hydrogens (tertiary/aromatic N) is 1. The second-order valence-corrected chi connectivity index (χ2v) is 6.06. The molecule has 3 N–H and O–H groups in total. The molecular formula is C15H28N4O2. The second-order valence-electron chi connectivity index (χ2n) is 6.06. The average molecular weight is 296 g/mol. The van der Waals surface area contributed by atoms with Gasteiger partial charge in [0.15, 0.2) is 0 Å². The highest BCUT2D eigenvalue weighted by molar-refractivity contribution is 5.84. The van der Waals surface area contributed by atoms with Gasteiger partial charge in [-0.05, 0) is 12.8 Å². The first-order valence-corrected chi connectivity index (χ1v) is 8.16. The van der Waals surface area contributed by atoms with Gasteiger partial charge in [-0.1, -0.05) is 25.7 Å². The molecule has 1 aliphatic carbocycles. The normalized spacial score (nSPS) is 25.1. The molecular weight excluding hydrogens is 268 g/mol. The number of carbonyl (C=O) groups is 2. The van der Waals surface area contributed by atoms with Crippen LogP contribution in [0.5, 0.6) is 0 Å². The molecule has 1 unspecified atom stereocenters. The van der Waals surface area contributed by atoms with Crippen LogP contribution in [0.4, 0.5) is 0 Å². The maximum Gasteiger partial charge on any atom is 0.238 e.